The number of aromatic hydroxyl groups is 1. The molecule has 0 aromatic heterocycles. The zero-order chi connectivity index (χ0) is 13.3. The smallest absolute Gasteiger partial charge is 0.174 e. The van der Waals surface area contributed by atoms with Crippen molar-refractivity contribution in [3.63, 3.8) is 0 Å². The second kappa shape index (κ2) is 5.70. The molecule has 0 saturated heterocycles. The van der Waals surface area contributed by atoms with Gasteiger partial charge >= 0.3 is 0 Å². The monoisotopic (exact) mass is 410 g/mol. The third-order valence-corrected chi connectivity index (χ3v) is 4.64. The van der Waals surface area contributed by atoms with Crippen LogP contribution < -0.4 is 4.74 Å². The summed E-state index contributed by atoms with van der Waals surface area (Å²) in [5.74, 6) is 0.800. The summed E-state index contributed by atoms with van der Waals surface area (Å²) in [6.07, 6.45) is 0. The van der Waals surface area contributed by atoms with Crippen LogP contribution in [0.3, 0.4) is 0 Å². The molecular weight excluding hydrogens is 407 g/mol. The third-order valence-electron chi connectivity index (χ3n) is 2.14. The highest BCUT2D eigenvalue weighted by Crippen LogP contribution is 2.45. The molecule has 0 saturated carbocycles. The zero-order valence-electron chi connectivity index (χ0n) is 8.75. The average molecular weight is 413 g/mol. The van der Waals surface area contributed by atoms with Crippen LogP contribution in [0.5, 0.6) is 17.2 Å². The van der Waals surface area contributed by atoms with Gasteiger partial charge in [-0.25, -0.2) is 0 Å². The lowest BCUT2D eigenvalue weighted by molar-refractivity contribution is 0.408. The van der Waals surface area contributed by atoms with E-state index in [2.05, 4.69) is 31.9 Å². The van der Waals surface area contributed by atoms with E-state index in [4.69, 9.17) is 27.9 Å². The maximum absolute atomic E-state index is 9.92. The molecule has 2 rings (SSSR count). The molecule has 2 aromatic rings. The second-order valence-corrected chi connectivity index (χ2v) is 5.85. The molecule has 0 spiro atoms. The fourth-order valence-electron chi connectivity index (χ4n) is 1.27. The molecule has 2 nitrogen and oxygen atoms in total. The van der Waals surface area contributed by atoms with Crippen molar-refractivity contribution >= 4 is 55.1 Å². The van der Waals surface area contributed by atoms with Crippen LogP contribution in [0.25, 0.3) is 0 Å². The topological polar surface area (TPSA) is 29.5 Å². The first-order valence-electron chi connectivity index (χ1n) is 4.79. The third kappa shape index (κ3) is 2.94. The van der Waals surface area contributed by atoms with E-state index in [1.54, 1.807) is 30.3 Å². The van der Waals surface area contributed by atoms with Crippen molar-refractivity contribution in [2.45, 2.75) is 0 Å². The van der Waals surface area contributed by atoms with Gasteiger partial charge in [-0.1, -0.05) is 23.2 Å². The van der Waals surface area contributed by atoms with Gasteiger partial charge < -0.3 is 9.84 Å². The maximum Gasteiger partial charge on any atom is 0.174 e. The minimum Gasteiger partial charge on any atom is -0.503 e. The van der Waals surface area contributed by atoms with Gasteiger partial charge in [0.2, 0.25) is 0 Å². The van der Waals surface area contributed by atoms with Crippen LogP contribution in [-0.4, -0.2) is 5.11 Å². The fourth-order valence-corrected chi connectivity index (χ4v) is 2.62. The molecule has 0 atom stereocenters. The van der Waals surface area contributed by atoms with E-state index in [-0.39, 0.29) is 5.75 Å². The Morgan fingerprint density at radius 2 is 1.67 bits per heavy atom. The Labute approximate surface area is 131 Å². The highest BCUT2D eigenvalue weighted by Gasteiger charge is 2.14. The van der Waals surface area contributed by atoms with E-state index in [9.17, 15) is 5.11 Å². The van der Waals surface area contributed by atoms with Gasteiger partial charge in [-0.15, -0.1) is 0 Å². The van der Waals surface area contributed by atoms with Gasteiger partial charge in [0, 0.05) is 15.6 Å². The predicted octanol–water partition coefficient (Wildman–Crippen LogP) is 6.02. The molecule has 0 fully saturated rings. The molecule has 18 heavy (non-hydrogen) atoms. The minimum absolute atomic E-state index is 0.0573. The molecule has 0 aliphatic carbocycles. The van der Waals surface area contributed by atoms with Crippen molar-refractivity contribution in [3.8, 4) is 17.2 Å². The predicted molar refractivity (Wildman–Crippen MR) is 80.0 cm³/mol. The van der Waals surface area contributed by atoms with Crippen LogP contribution in [0, 0.1) is 0 Å². The molecule has 6 heteroatoms. The summed E-state index contributed by atoms with van der Waals surface area (Å²) in [6, 6.07) is 8.41. The number of phenols is 1. The highest BCUT2D eigenvalue weighted by molar-refractivity contribution is 9.11. The average Bonchev–Trinajstić information content (AvgIpc) is 2.36. The second-order valence-electron chi connectivity index (χ2n) is 3.39. The Balaban J connectivity index is 2.38. The zero-order valence-corrected chi connectivity index (χ0v) is 13.4. The Bertz CT molecular complexity index is 586. The molecule has 1 N–H and O–H groups in total. The van der Waals surface area contributed by atoms with Crippen molar-refractivity contribution in [2.24, 2.45) is 0 Å². The van der Waals surface area contributed by atoms with Crippen molar-refractivity contribution < 1.29 is 9.84 Å². The summed E-state index contributed by atoms with van der Waals surface area (Å²) in [5.41, 5.74) is 0. The quantitative estimate of drug-likeness (QED) is 0.611. The van der Waals surface area contributed by atoms with Gasteiger partial charge in [0.25, 0.3) is 0 Å². The van der Waals surface area contributed by atoms with Crippen molar-refractivity contribution in [1.29, 1.82) is 0 Å². The molecule has 94 valence electrons. The van der Waals surface area contributed by atoms with Gasteiger partial charge in [0.1, 0.15) is 5.75 Å². The molecule has 0 radical (unpaired) electrons. The van der Waals surface area contributed by atoms with E-state index in [0.717, 1.165) is 0 Å². The SMILES string of the molecule is Oc1c(Oc2ccc(Cl)cc2)cc(Br)c(Cl)c1Br. The van der Waals surface area contributed by atoms with E-state index in [1.807, 2.05) is 0 Å². The number of rotatable bonds is 2. The molecule has 0 aliphatic rings. The minimum atomic E-state index is -0.0573. The number of hydrogen-bond acceptors (Lipinski definition) is 2. The number of ether oxygens (including phenoxy) is 1. The van der Waals surface area contributed by atoms with Crippen LogP contribution >= 0.6 is 55.1 Å². The Morgan fingerprint density at radius 3 is 2.28 bits per heavy atom. The summed E-state index contributed by atoms with van der Waals surface area (Å²) in [6.45, 7) is 0. The molecule has 0 heterocycles. The first kappa shape index (κ1) is 14.0. The first-order valence-corrected chi connectivity index (χ1v) is 7.13. The van der Waals surface area contributed by atoms with Crippen LogP contribution in [0.1, 0.15) is 0 Å². The van der Waals surface area contributed by atoms with E-state index >= 15 is 0 Å². The number of halogens is 4. The molecule has 0 aliphatic heterocycles. The molecular formula is C12H6Br2Cl2O2. The first-order chi connectivity index (χ1) is 8.49. The molecule has 2 aromatic carbocycles. The molecule has 0 unspecified atom stereocenters. The lowest BCUT2D eigenvalue weighted by atomic mass is 10.3. The summed E-state index contributed by atoms with van der Waals surface area (Å²) in [7, 11) is 0. The molecule has 0 amide bonds. The summed E-state index contributed by atoms with van der Waals surface area (Å²) < 4.78 is 6.55. The highest BCUT2D eigenvalue weighted by atomic mass is 79.9. The number of hydrogen-bond donors (Lipinski definition) is 1. The molecule has 0 bridgehead atoms. The number of phenolic OH excluding ortho intramolecular Hbond substituents is 1. The Kier molecular flexibility index (Phi) is 4.43. The van der Waals surface area contributed by atoms with Crippen LogP contribution in [-0.2, 0) is 0 Å². The fraction of sp³-hybridized carbons (Fsp3) is 0. The van der Waals surface area contributed by atoms with Gasteiger partial charge in [0.05, 0.1) is 9.50 Å². The van der Waals surface area contributed by atoms with E-state index in [1.165, 1.54) is 0 Å². The van der Waals surface area contributed by atoms with Gasteiger partial charge in [-0.05, 0) is 56.1 Å². The normalized spacial score (nSPS) is 10.4. The Morgan fingerprint density at radius 1 is 1.06 bits per heavy atom. The Hall–Kier alpha value is -0.420. The van der Waals surface area contributed by atoms with Crippen molar-refractivity contribution in [2.75, 3.05) is 0 Å². The van der Waals surface area contributed by atoms with Crippen LogP contribution in [0.2, 0.25) is 10.0 Å². The van der Waals surface area contributed by atoms with Crippen molar-refractivity contribution in [3.05, 3.63) is 49.3 Å². The van der Waals surface area contributed by atoms with Crippen LogP contribution in [0.4, 0.5) is 0 Å². The lowest BCUT2D eigenvalue weighted by Gasteiger charge is -2.11. The van der Waals surface area contributed by atoms with Crippen molar-refractivity contribution in [1.82, 2.24) is 0 Å². The number of benzene rings is 2. The maximum atomic E-state index is 9.92. The van der Waals surface area contributed by atoms with Gasteiger partial charge in [0.15, 0.2) is 11.5 Å². The standard InChI is InChI=1S/C12H6Br2Cl2O2/c13-8-5-9(12(17)10(14)11(8)16)18-7-3-1-6(15)2-4-7/h1-5,17H. The van der Waals surface area contributed by atoms with E-state index in [0.29, 0.717) is 30.5 Å². The van der Waals surface area contributed by atoms with E-state index < -0.39 is 0 Å². The van der Waals surface area contributed by atoms with Crippen LogP contribution in [0.15, 0.2) is 39.3 Å². The van der Waals surface area contributed by atoms with Gasteiger partial charge in [-0.3, -0.25) is 0 Å². The summed E-state index contributed by atoms with van der Waals surface area (Å²) in [4.78, 5) is 0. The lowest BCUT2D eigenvalue weighted by Crippen LogP contribution is -1.87. The van der Waals surface area contributed by atoms with Gasteiger partial charge in [-0.2, -0.15) is 0 Å². The summed E-state index contributed by atoms with van der Waals surface area (Å²) in [5, 5.41) is 10.9. The summed E-state index contributed by atoms with van der Waals surface area (Å²) >= 11 is 18.2. The largest absolute Gasteiger partial charge is 0.503 e.